The van der Waals surface area contributed by atoms with Gasteiger partial charge in [0.15, 0.2) is 0 Å². The Morgan fingerprint density at radius 2 is 1.84 bits per heavy atom. The van der Waals surface area contributed by atoms with Crippen LogP contribution in [0.3, 0.4) is 0 Å². The first-order valence-corrected chi connectivity index (χ1v) is 8.34. The zero-order valence-corrected chi connectivity index (χ0v) is 14.5. The van der Waals surface area contributed by atoms with E-state index in [2.05, 4.69) is 5.32 Å². The molecule has 3 rings (SSSR count). The fourth-order valence-electron chi connectivity index (χ4n) is 3.31. The molecule has 0 aromatic heterocycles. The average molecular weight is 343 g/mol. The van der Waals surface area contributed by atoms with Crippen LogP contribution < -0.4 is 14.8 Å². The molecular formula is C20H22FNO3. The molecule has 0 aliphatic heterocycles. The summed E-state index contributed by atoms with van der Waals surface area (Å²) in [6.07, 6.45) is 2.55. The lowest BCUT2D eigenvalue weighted by Crippen LogP contribution is -2.49. The molecule has 1 aliphatic rings. The van der Waals surface area contributed by atoms with Crippen LogP contribution in [0.25, 0.3) is 0 Å². The maximum Gasteiger partial charge on any atom is 0.230 e. The Bertz CT molecular complexity index is 754. The first-order valence-electron chi connectivity index (χ1n) is 8.34. The number of carbonyl (C=O) groups excluding carboxylic acids is 1. The molecule has 0 heterocycles. The van der Waals surface area contributed by atoms with E-state index >= 15 is 0 Å². The number of carbonyl (C=O) groups is 1. The zero-order valence-electron chi connectivity index (χ0n) is 14.5. The summed E-state index contributed by atoms with van der Waals surface area (Å²) in [7, 11) is 3.20. The van der Waals surface area contributed by atoms with Gasteiger partial charge in [-0.25, -0.2) is 4.39 Å². The summed E-state index contributed by atoms with van der Waals surface area (Å²) in [5.74, 6) is 1.09. The van der Waals surface area contributed by atoms with Gasteiger partial charge in [-0.15, -0.1) is 0 Å². The molecule has 4 nitrogen and oxygen atoms in total. The molecule has 0 bridgehead atoms. The minimum atomic E-state index is -0.556. The summed E-state index contributed by atoms with van der Waals surface area (Å²) < 4.78 is 23.8. The molecule has 132 valence electrons. The third-order valence-electron chi connectivity index (χ3n) is 4.97. The van der Waals surface area contributed by atoms with Gasteiger partial charge in [-0.3, -0.25) is 4.79 Å². The van der Waals surface area contributed by atoms with Gasteiger partial charge < -0.3 is 14.8 Å². The van der Waals surface area contributed by atoms with Gasteiger partial charge in [0.05, 0.1) is 19.6 Å². The first-order chi connectivity index (χ1) is 12.1. The molecule has 1 amide bonds. The molecule has 0 unspecified atom stereocenters. The number of benzene rings is 2. The van der Waals surface area contributed by atoms with Crippen molar-refractivity contribution in [2.75, 3.05) is 14.2 Å². The molecule has 0 radical (unpaired) electrons. The van der Waals surface area contributed by atoms with Gasteiger partial charge in [0.1, 0.15) is 17.3 Å². The van der Waals surface area contributed by atoms with E-state index in [1.54, 1.807) is 26.4 Å². The normalized spacial score (nSPS) is 15.2. The van der Waals surface area contributed by atoms with Crippen molar-refractivity contribution >= 4 is 5.91 Å². The van der Waals surface area contributed by atoms with Crippen LogP contribution in [0.4, 0.5) is 4.39 Å². The maximum absolute atomic E-state index is 13.2. The molecule has 1 fully saturated rings. The highest BCUT2D eigenvalue weighted by atomic mass is 19.1. The van der Waals surface area contributed by atoms with Crippen molar-refractivity contribution in [1.29, 1.82) is 0 Å². The first kappa shape index (κ1) is 17.3. The van der Waals surface area contributed by atoms with Crippen molar-refractivity contribution in [3.63, 3.8) is 0 Å². The van der Waals surface area contributed by atoms with Crippen LogP contribution in [-0.4, -0.2) is 20.1 Å². The smallest absolute Gasteiger partial charge is 0.230 e. The Labute approximate surface area is 147 Å². The Balaban J connectivity index is 1.76. The van der Waals surface area contributed by atoms with Crippen molar-refractivity contribution in [3.05, 3.63) is 59.4 Å². The molecule has 2 aromatic carbocycles. The number of methoxy groups -OCH3 is 2. The van der Waals surface area contributed by atoms with Crippen LogP contribution >= 0.6 is 0 Å². The molecule has 0 saturated heterocycles. The number of halogens is 1. The Morgan fingerprint density at radius 3 is 2.40 bits per heavy atom. The zero-order chi connectivity index (χ0) is 17.9. The fraction of sp³-hybridized carbons (Fsp3) is 0.350. The van der Waals surface area contributed by atoms with E-state index in [0.29, 0.717) is 18.0 Å². The van der Waals surface area contributed by atoms with Crippen LogP contribution in [0.2, 0.25) is 0 Å². The summed E-state index contributed by atoms with van der Waals surface area (Å²) in [5, 5.41) is 3.01. The van der Waals surface area contributed by atoms with Gasteiger partial charge in [0, 0.05) is 12.1 Å². The Kier molecular flexibility index (Phi) is 4.93. The van der Waals surface area contributed by atoms with Gasteiger partial charge >= 0.3 is 0 Å². The molecule has 1 saturated carbocycles. The molecule has 1 aliphatic carbocycles. The minimum absolute atomic E-state index is 0.0322. The summed E-state index contributed by atoms with van der Waals surface area (Å²) in [5.41, 5.74) is 1.17. The molecule has 0 atom stereocenters. The van der Waals surface area contributed by atoms with Crippen LogP contribution in [0.5, 0.6) is 11.5 Å². The fourth-order valence-corrected chi connectivity index (χ4v) is 3.31. The lowest BCUT2D eigenvalue weighted by atomic mass is 9.64. The highest BCUT2D eigenvalue weighted by molar-refractivity contribution is 5.89. The number of hydrogen-bond acceptors (Lipinski definition) is 3. The number of amides is 1. The predicted octanol–water partition coefficient (Wildman–Crippen LogP) is 3.58. The monoisotopic (exact) mass is 343 g/mol. The van der Waals surface area contributed by atoms with E-state index in [-0.39, 0.29) is 11.7 Å². The summed E-state index contributed by atoms with van der Waals surface area (Å²) in [4.78, 5) is 12.9. The van der Waals surface area contributed by atoms with Crippen molar-refractivity contribution in [2.45, 2.75) is 31.2 Å². The highest BCUT2D eigenvalue weighted by Gasteiger charge is 2.45. The lowest BCUT2D eigenvalue weighted by Gasteiger charge is -2.40. The van der Waals surface area contributed by atoms with Crippen LogP contribution in [-0.2, 0) is 16.8 Å². The van der Waals surface area contributed by atoms with Crippen LogP contribution in [0, 0.1) is 5.82 Å². The van der Waals surface area contributed by atoms with E-state index in [1.165, 1.54) is 12.1 Å². The molecule has 2 aromatic rings. The standard InChI is InChI=1S/C20H22FNO3/c1-24-17-8-9-18(25-2)14(12-17)13-22-19(23)20(10-3-11-20)15-4-6-16(21)7-5-15/h4-9,12H,3,10-11,13H2,1-2H3,(H,22,23). The summed E-state index contributed by atoms with van der Waals surface area (Å²) in [6.45, 7) is 0.349. The van der Waals surface area contributed by atoms with Gasteiger partial charge in [-0.05, 0) is 48.7 Å². The van der Waals surface area contributed by atoms with Gasteiger partial charge in [-0.1, -0.05) is 18.6 Å². The van der Waals surface area contributed by atoms with Crippen molar-refractivity contribution < 1.29 is 18.7 Å². The quantitative estimate of drug-likeness (QED) is 0.872. The van der Waals surface area contributed by atoms with Crippen molar-refractivity contribution in [1.82, 2.24) is 5.32 Å². The summed E-state index contributed by atoms with van der Waals surface area (Å²) in [6, 6.07) is 11.7. The number of ether oxygens (including phenoxy) is 2. The molecule has 5 heteroatoms. The van der Waals surface area contributed by atoms with Crippen molar-refractivity contribution in [2.24, 2.45) is 0 Å². The Hall–Kier alpha value is -2.56. The minimum Gasteiger partial charge on any atom is -0.497 e. The van der Waals surface area contributed by atoms with E-state index in [0.717, 1.165) is 30.4 Å². The van der Waals surface area contributed by atoms with Crippen LogP contribution in [0.1, 0.15) is 30.4 Å². The van der Waals surface area contributed by atoms with Gasteiger partial charge in [0.2, 0.25) is 5.91 Å². The molecular weight excluding hydrogens is 321 g/mol. The van der Waals surface area contributed by atoms with Crippen molar-refractivity contribution in [3.8, 4) is 11.5 Å². The lowest BCUT2D eigenvalue weighted by molar-refractivity contribution is -0.130. The SMILES string of the molecule is COc1ccc(OC)c(CNC(=O)C2(c3ccc(F)cc3)CCC2)c1. The second-order valence-electron chi connectivity index (χ2n) is 6.30. The maximum atomic E-state index is 13.2. The topological polar surface area (TPSA) is 47.6 Å². The second kappa shape index (κ2) is 7.13. The van der Waals surface area contributed by atoms with E-state index in [4.69, 9.17) is 9.47 Å². The van der Waals surface area contributed by atoms with E-state index in [9.17, 15) is 9.18 Å². The number of nitrogens with one attached hydrogen (secondary N) is 1. The third kappa shape index (κ3) is 3.31. The molecule has 1 N–H and O–H groups in total. The van der Waals surface area contributed by atoms with Gasteiger partial charge in [-0.2, -0.15) is 0 Å². The number of hydrogen-bond donors (Lipinski definition) is 1. The number of rotatable bonds is 6. The predicted molar refractivity (Wildman–Crippen MR) is 93.3 cm³/mol. The van der Waals surface area contributed by atoms with Gasteiger partial charge in [0.25, 0.3) is 0 Å². The van der Waals surface area contributed by atoms with E-state index < -0.39 is 5.41 Å². The summed E-state index contributed by atoms with van der Waals surface area (Å²) >= 11 is 0. The van der Waals surface area contributed by atoms with E-state index in [1.807, 2.05) is 18.2 Å². The Morgan fingerprint density at radius 1 is 1.12 bits per heavy atom. The van der Waals surface area contributed by atoms with Crippen LogP contribution in [0.15, 0.2) is 42.5 Å². The second-order valence-corrected chi connectivity index (χ2v) is 6.30. The molecule has 25 heavy (non-hydrogen) atoms. The highest BCUT2D eigenvalue weighted by Crippen LogP contribution is 2.44. The molecule has 0 spiro atoms. The third-order valence-corrected chi connectivity index (χ3v) is 4.97. The average Bonchev–Trinajstić information content (AvgIpc) is 2.60. The largest absolute Gasteiger partial charge is 0.497 e.